The lowest BCUT2D eigenvalue weighted by molar-refractivity contribution is 0.608. The van der Waals surface area contributed by atoms with Crippen molar-refractivity contribution in [3.05, 3.63) is 63.4 Å². The number of hydrazine groups is 1. The molecule has 0 radical (unpaired) electrons. The van der Waals surface area contributed by atoms with Gasteiger partial charge in [-0.15, -0.1) is 0 Å². The second-order valence-electron chi connectivity index (χ2n) is 4.38. The molecule has 0 fully saturated rings. The zero-order valence-corrected chi connectivity index (χ0v) is 12.0. The molecule has 0 saturated carbocycles. The molecule has 0 spiro atoms. The van der Waals surface area contributed by atoms with Gasteiger partial charge in [0.25, 0.3) is 0 Å². The van der Waals surface area contributed by atoms with Crippen LogP contribution in [0.5, 0.6) is 0 Å². The number of nitrogens with two attached hydrogens (primary N) is 2. The van der Waals surface area contributed by atoms with E-state index in [-0.39, 0.29) is 11.9 Å². The fraction of sp³-hybridized carbons (Fsp3) is 0.143. The molecule has 19 heavy (non-hydrogen) atoms. The van der Waals surface area contributed by atoms with E-state index in [1.54, 1.807) is 25.1 Å². The van der Waals surface area contributed by atoms with E-state index in [1.165, 1.54) is 6.07 Å². The van der Waals surface area contributed by atoms with Crippen LogP contribution in [0.2, 0.25) is 0 Å². The summed E-state index contributed by atoms with van der Waals surface area (Å²) in [6.07, 6.45) is 0. The van der Waals surface area contributed by atoms with Crippen molar-refractivity contribution in [2.75, 3.05) is 5.73 Å². The highest BCUT2D eigenvalue weighted by molar-refractivity contribution is 9.10. The Morgan fingerprint density at radius 3 is 2.58 bits per heavy atom. The van der Waals surface area contributed by atoms with Gasteiger partial charge in [-0.2, -0.15) is 0 Å². The van der Waals surface area contributed by atoms with Crippen molar-refractivity contribution < 1.29 is 4.39 Å². The highest BCUT2D eigenvalue weighted by Crippen LogP contribution is 2.29. The fourth-order valence-corrected chi connectivity index (χ4v) is 2.39. The average molecular weight is 324 g/mol. The summed E-state index contributed by atoms with van der Waals surface area (Å²) in [7, 11) is 0. The van der Waals surface area contributed by atoms with Crippen LogP contribution in [-0.4, -0.2) is 0 Å². The summed E-state index contributed by atoms with van der Waals surface area (Å²) in [5, 5.41) is 0. The maximum Gasteiger partial charge on any atom is 0.126 e. The Balaban J connectivity index is 2.49. The molecule has 0 saturated heterocycles. The van der Waals surface area contributed by atoms with Crippen LogP contribution in [0.3, 0.4) is 0 Å². The van der Waals surface area contributed by atoms with Crippen molar-refractivity contribution in [2.24, 2.45) is 5.84 Å². The Hall–Kier alpha value is -1.43. The molecular weight excluding hydrogens is 309 g/mol. The molecule has 0 aromatic heterocycles. The molecule has 0 amide bonds. The SMILES string of the molecule is Cc1cc(C(NN)c2cc(Br)ccc2N)ccc1F. The Labute approximate surface area is 119 Å². The van der Waals surface area contributed by atoms with E-state index in [4.69, 9.17) is 11.6 Å². The number of anilines is 1. The Morgan fingerprint density at radius 2 is 1.95 bits per heavy atom. The van der Waals surface area contributed by atoms with Gasteiger partial charge in [0.2, 0.25) is 0 Å². The maximum absolute atomic E-state index is 13.3. The van der Waals surface area contributed by atoms with Gasteiger partial charge in [-0.3, -0.25) is 5.84 Å². The van der Waals surface area contributed by atoms with Gasteiger partial charge in [0.1, 0.15) is 5.82 Å². The van der Waals surface area contributed by atoms with Gasteiger partial charge >= 0.3 is 0 Å². The third-order valence-electron chi connectivity index (χ3n) is 3.04. The summed E-state index contributed by atoms with van der Waals surface area (Å²) in [5.41, 5.74) is 11.6. The minimum absolute atomic E-state index is 0.235. The molecule has 0 aliphatic heterocycles. The summed E-state index contributed by atoms with van der Waals surface area (Å²) >= 11 is 3.41. The topological polar surface area (TPSA) is 64.1 Å². The Kier molecular flexibility index (Phi) is 4.19. The quantitative estimate of drug-likeness (QED) is 0.462. The van der Waals surface area contributed by atoms with Crippen LogP contribution in [0.25, 0.3) is 0 Å². The minimum atomic E-state index is -0.281. The van der Waals surface area contributed by atoms with Gasteiger partial charge in [0.05, 0.1) is 6.04 Å². The molecule has 0 aliphatic rings. The summed E-state index contributed by atoms with van der Waals surface area (Å²) in [5.74, 6) is 5.39. The number of hydrogen-bond acceptors (Lipinski definition) is 3. The minimum Gasteiger partial charge on any atom is -0.398 e. The van der Waals surface area contributed by atoms with Gasteiger partial charge in [0.15, 0.2) is 0 Å². The number of aryl methyl sites for hydroxylation is 1. The molecule has 3 nitrogen and oxygen atoms in total. The van der Waals surface area contributed by atoms with Gasteiger partial charge in [-0.05, 0) is 47.9 Å². The molecular formula is C14H15BrFN3. The molecule has 5 N–H and O–H groups in total. The van der Waals surface area contributed by atoms with Gasteiger partial charge in [-0.25, -0.2) is 9.82 Å². The Morgan fingerprint density at radius 1 is 1.21 bits per heavy atom. The number of nitrogens with one attached hydrogen (secondary N) is 1. The third kappa shape index (κ3) is 2.94. The first-order valence-electron chi connectivity index (χ1n) is 5.80. The monoisotopic (exact) mass is 323 g/mol. The third-order valence-corrected chi connectivity index (χ3v) is 3.54. The van der Waals surface area contributed by atoms with Crippen molar-refractivity contribution >= 4 is 21.6 Å². The van der Waals surface area contributed by atoms with E-state index in [2.05, 4.69) is 21.4 Å². The zero-order valence-electron chi connectivity index (χ0n) is 10.5. The van der Waals surface area contributed by atoms with Crippen LogP contribution in [0.1, 0.15) is 22.7 Å². The number of halogens is 2. The lowest BCUT2D eigenvalue weighted by Crippen LogP contribution is -2.29. The van der Waals surface area contributed by atoms with Crippen molar-refractivity contribution in [3.63, 3.8) is 0 Å². The van der Waals surface area contributed by atoms with Gasteiger partial charge < -0.3 is 5.73 Å². The van der Waals surface area contributed by atoms with Gasteiger partial charge in [0, 0.05) is 10.2 Å². The van der Waals surface area contributed by atoms with Crippen LogP contribution < -0.4 is 17.0 Å². The molecule has 5 heteroatoms. The molecule has 0 bridgehead atoms. The van der Waals surface area contributed by atoms with E-state index >= 15 is 0 Å². The van der Waals surface area contributed by atoms with Crippen LogP contribution in [0, 0.1) is 12.7 Å². The van der Waals surface area contributed by atoms with E-state index in [0.717, 1.165) is 15.6 Å². The number of benzene rings is 2. The molecule has 0 heterocycles. The summed E-state index contributed by atoms with van der Waals surface area (Å²) < 4.78 is 14.2. The molecule has 2 aromatic rings. The first-order chi connectivity index (χ1) is 9.02. The first kappa shape index (κ1) is 14.0. The predicted molar refractivity (Wildman–Crippen MR) is 78.9 cm³/mol. The first-order valence-corrected chi connectivity index (χ1v) is 6.59. The predicted octanol–water partition coefficient (Wildman–Crippen LogP) is 3.03. The molecule has 100 valence electrons. The van der Waals surface area contributed by atoms with E-state index < -0.39 is 0 Å². The fourth-order valence-electron chi connectivity index (χ4n) is 2.01. The second-order valence-corrected chi connectivity index (χ2v) is 5.30. The number of rotatable bonds is 3. The largest absolute Gasteiger partial charge is 0.398 e. The van der Waals surface area contributed by atoms with Crippen molar-refractivity contribution in [1.29, 1.82) is 0 Å². The number of hydrogen-bond donors (Lipinski definition) is 3. The van der Waals surface area contributed by atoms with Crippen molar-refractivity contribution in [1.82, 2.24) is 5.43 Å². The summed E-state index contributed by atoms with van der Waals surface area (Å²) in [6, 6.07) is 10.2. The second kappa shape index (κ2) is 5.69. The van der Waals surface area contributed by atoms with E-state index in [9.17, 15) is 4.39 Å². The van der Waals surface area contributed by atoms with Crippen LogP contribution in [0.4, 0.5) is 10.1 Å². The lowest BCUT2D eigenvalue weighted by atomic mass is 9.96. The van der Waals surface area contributed by atoms with Crippen LogP contribution in [0.15, 0.2) is 40.9 Å². The van der Waals surface area contributed by atoms with E-state index in [0.29, 0.717) is 11.3 Å². The summed E-state index contributed by atoms with van der Waals surface area (Å²) in [6.45, 7) is 1.72. The average Bonchev–Trinajstić information content (AvgIpc) is 2.38. The van der Waals surface area contributed by atoms with Crippen molar-refractivity contribution in [3.8, 4) is 0 Å². The zero-order chi connectivity index (χ0) is 14.0. The molecule has 2 aromatic carbocycles. The molecule has 1 atom stereocenters. The highest BCUT2D eigenvalue weighted by atomic mass is 79.9. The van der Waals surface area contributed by atoms with Crippen molar-refractivity contribution in [2.45, 2.75) is 13.0 Å². The maximum atomic E-state index is 13.3. The highest BCUT2D eigenvalue weighted by Gasteiger charge is 2.16. The van der Waals surface area contributed by atoms with Crippen LogP contribution in [-0.2, 0) is 0 Å². The molecule has 0 aliphatic carbocycles. The van der Waals surface area contributed by atoms with Crippen LogP contribution >= 0.6 is 15.9 Å². The molecule has 2 rings (SSSR count). The standard InChI is InChI=1S/C14H15BrFN3/c1-8-6-9(2-4-12(8)16)14(19-18)11-7-10(15)3-5-13(11)17/h2-7,14,19H,17-18H2,1H3. The summed E-state index contributed by atoms with van der Waals surface area (Å²) in [4.78, 5) is 0. The number of nitrogen functional groups attached to an aromatic ring is 1. The smallest absolute Gasteiger partial charge is 0.126 e. The molecule has 1 unspecified atom stereocenters. The van der Waals surface area contributed by atoms with E-state index in [1.807, 2.05) is 12.1 Å². The Bertz CT molecular complexity index is 601. The lowest BCUT2D eigenvalue weighted by Gasteiger charge is -2.19. The van der Waals surface area contributed by atoms with Gasteiger partial charge in [-0.1, -0.05) is 28.1 Å². The normalized spacial score (nSPS) is 12.4.